The van der Waals surface area contributed by atoms with Crippen LogP contribution in [0.25, 0.3) is 22.1 Å². The Balaban J connectivity index is 1.57. The van der Waals surface area contributed by atoms with Crippen molar-refractivity contribution < 1.29 is 4.79 Å². The topological polar surface area (TPSA) is 93.8 Å². The molecule has 1 N–H and O–H groups in total. The van der Waals surface area contributed by atoms with Gasteiger partial charge in [-0.25, -0.2) is 9.36 Å². The Morgan fingerprint density at radius 1 is 0.926 bits per heavy atom. The molecular weight excluding hydrogens is 344 g/mol. The number of amides is 1. The third-order valence-corrected chi connectivity index (χ3v) is 4.31. The first kappa shape index (κ1) is 17.1. The van der Waals surface area contributed by atoms with E-state index in [-0.39, 0.29) is 5.91 Å². The van der Waals surface area contributed by atoms with E-state index in [1.165, 1.54) is 6.92 Å². The molecule has 2 aromatic carbocycles. The van der Waals surface area contributed by atoms with Crippen molar-refractivity contribution in [3.05, 3.63) is 48.5 Å². The Hall–Kier alpha value is -3.33. The number of nitrogens with one attached hydrogen (secondary N) is 1. The van der Waals surface area contributed by atoms with Gasteiger partial charge in [-0.2, -0.15) is 0 Å². The Morgan fingerprint density at radius 2 is 1.44 bits per heavy atom. The molecule has 4 aromatic rings. The molecule has 2 aromatic heterocycles. The molecule has 9 heteroatoms. The first-order valence-electron chi connectivity index (χ1n) is 8.74. The summed E-state index contributed by atoms with van der Waals surface area (Å²) in [6.45, 7) is 3.74. The quantitative estimate of drug-likeness (QED) is 0.530. The fourth-order valence-electron chi connectivity index (χ4n) is 3.00. The maximum Gasteiger partial charge on any atom is 0.216 e. The molecule has 0 saturated heterocycles. The van der Waals surface area contributed by atoms with E-state index in [1.54, 1.807) is 0 Å². The van der Waals surface area contributed by atoms with Crippen LogP contribution in [0.3, 0.4) is 0 Å². The summed E-state index contributed by atoms with van der Waals surface area (Å²) in [6.07, 6.45) is 0. The number of rotatable bonds is 7. The number of carbonyl (C=O) groups is 1. The number of nitrogens with zero attached hydrogens (tertiary/aromatic N) is 7. The zero-order valence-corrected chi connectivity index (χ0v) is 15.0. The maximum atomic E-state index is 11.2. The Morgan fingerprint density at radius 3 is 1.96 bits per heavy atom. The predicted molar refractivity (Wildman–Crippen MR) is 100 cm³/mol. The number of aromatic nitrogens is 6. The molecule has 0 aliphatic carbocycles. The van der Waals surface area contributed by atoms with Crippen LogP contribution in [0, 0.1) is 0 Å². The van der Waals surface area contributed by atoms with E-state index in [9.17, 15) is 4.79 Å². The van der Waals surface area contributed by atoms with Crippen LogP contribution in [-0.4, -0.2) is 53.9 Å². The van der Waals surface area contributed by atoms with Gasteiger partial charge in [0, 0.05) is 20.0 Å². The van der Waals surface area contributed by atoms with Crippen LogP contribution in [0.15, 0.2) is 48.5 Å². The van der Waals surface area contributed by atoms with Gasteiger partial charge in [0.2, 0.25) is 5.91 Å². The van der Waals surface area contributed by atoms with E-state index < -0.39 is 0 Å². The summed E-state index contributed by atoms with van der Waals surface area (Å²) < 4.78 is 3.70. The standard InChI is InChI=1S/C18H20N8O/c1-14(27)19-10-11-24(12-25-17-8-4-2-6-15(17)20-22-25)13-26-18-9-5-3-7-16(18)21-23-26/h2-9H,10-13H2,1H3,(H,19,27). The summed E-state index contributed by atoms with van der Waals surface area (Å²) in [4.78, 5) is 13.4. The summed E-state index contributed by atoms with van der Waals surface area (Å²) in [7, 11) is 0. The highest BCUT2D eigenvalue weighted by Crippen LogP contribution is 2.13. The summed E-state index contributed by atoms with van der Waals surface area (Å²) >= 11 is 0. The van der Waals surface area contributed by atoms with Crippen LogP contribution >= 0.6 is 0 Å². The zero-order chi connectivity index (χ0) is 18.6. The molecule has 0 fully saturated rings. The van der Waals surface area contributed by atoms with E-state index in [0.717, 1.165) is 22.1 Å². The molecule has 1 amide bonds. The minimum absolute atomic E-state index is 0.0487. The third kappa shape index (κ3) is 3.77. The van der Waals surface area contributed by atoms with Crippen molar-refractivity contribution >= 4 is 28.0 Å². The van der Waals surface area contributed by atoms with Gasteiger partial charge in [0.15, 0.2) is 0 Å². The smallest absolute Gasteiger partial charge is 0.216 e. The molecule has 2 heterocycles. The van der Waals surface area contributed by atoms with Crippen LogP contribution < -0.4 is 5.32 Å². The van der Waals surface area contributed by atoms with Gasteiger partial charge >= 0.3 is 0 Å². The highest BCUT2D eigenvalue weighted by Gasteiger charge is 2.13. The first-order valence-corrected chi connectivity index (χ1v) is 8.74. The average Bonchev–Trinajstić information content (AvgIpc) is 3.26. The van der Waals surface area contributed by atoms with Gasteiger partial charge < -0.3 is 5.32 Å². The van der Waals surface area contributed by atoms with Crippen molar-refractivity contribution in [2.75, 3.05) is 13.1 Å². The van der Waals surface area contributed by atoms with Crippen molar-refractivity contribution in [3.8, 4) is 0 Å². The van der Waals surface area contributed by atoms with Crippen molar-refractivity contribution in [1.82, 2.24) is 40.2 Å². The summed E-state index contributed by atoms with van der Waals surface area (Å²) in [5.74, 6) is -0.0487. The molecule has 0 unspecified atom stereocenters. The lowest BCUT2D eigenvalue weighted by molar-refractivity contribution is -0.119. The monoisotopic (exact) mass is 364 g/mol. The predicted octanol–water partition coefficient (Wildman–Crippen LogP) is 1.23. The largest absolute Gasteiger partial charge is 0.355 e. The Kier molecular flexibility index (Phi) is 4.75. The molecule has 0 bridgehead atoms. The van der Waals surface area contributed by atoms with E-state index >= 15 is 0 Å². The van der Waals surface area contributed by atoms with Crippen LogP contribution in [0.5, 0.6) is 0 Å². The number of benzene rings is 2. The lowest BCUT2D eigenvalue weighted by Crippen LogP contribution is -2.36. The third-order valence-electron chi connectivity index (χ3n) is 4.31. The van der Waals surface area contributed by atoms with E-state index in [2.05, 4.69) is 30.8 Å². The van der Waals surface area contributed by atoms with Crippen LogP contribution in [0.2, 0.25) is 0 Å². The van der Waals surface area contributed by atoms with Crippen molar-refractivity contribution in [1.29, 1.82) is 0 Å². The molecule has 0 radical (unpaired) electrons. The number of hydrogen-bond donors (Lipinski definition) is 1. The van der Waals surface area contributed by atoms with Gasteiger partial charge in [-0.1, -0.05) is 34.7 Å². The molecule has 0 aliphatic rings. The van der Waals surface area contributed by atoms with Gasteiger partial charge in [0.1, 0.15) is 11.0 Å². The molecule has 0 spiro atoms. The fourth-order valence-corrected chi connectivity index (χ4v) is 3.00. The second-order valence-corrected chi connectivity index (χ2v) is 6.32. The van der Waals surface area contributed by atoms with E-state index in [4.69, 9.17) is 0 Å². The molecule has 0 saturated carbocycles. The van der Waals surface area contributed by atoms with Crippen molar-refractivity contribution in [2.24, 2.45) is 0 Å². The lowest BCUT2D eigenvalue weighted by atomic mass is 10.3. The second kappa shape index (κ2) is 7.50. The summed E-state index contributed by atoms with van der Waals surface area (Å²) in [5.41, 5.74) is 3.63. The maximum absolute atomic E-state index is 11.2. The van der Waals surface area contributed by atoms with Crippen molar-refractivity contribution in [2.45, 2.75) is 20.3 Å². The van der Waals surface area contributed by atoms with Gasteiger partial charge in [-0.05, 0) is 24.3 Å². The minimum Gasteiger partial charge on any atom is -0.355 e. The number of fused-ring (bicyclic) bond motifs is 2. The fraction of sp³-hybridized carbons (Fsp3) is 0.278. The second-order valence-electron chi connectivity index (χ2n) is 6.32. The molecule has 9 nitrogen and oxygen atoms in total. The van der Waals surface area contributed by atoms with Crippen molar-refractivity contribution in [3.63, 3.8) is 0 Å². The van der Waals surface area contributed by atoms with Gasteiger partial charge in [-0.3, -0.25) is 9.69 Å². The zero-order valence-electron chi connectivity index (χ0n) is 15.0. The van der Waals surface area contributed by atoms with Crippen LogP contribution in [0.1, 0.15) is 6.92 Å². The normalized spacial score (nSPS) is 11.5. The summed E-state index contributed by atoms with van der Waals surface area (Å²) in [6, 6.07) is 15.7. The molecular formula is C18H20N8O. The Bertz CT molecular complexity index is 993. The molecule has 0 aliphatic heterocycles. The SMILES string of the molecule is CC(=O)NCCN(Cn1nnc2ccccc21)Cn1nnc2ccccc21. The van der Waals surface area contributed by atoms with Gasteiger partial charge in [0.05, 0.1) is 24.4 Å². The Labute approximate surface area is 155 Å². The lowest BCUT2D eigenvalue weighted by Gasteiger charge is -2.22. The highest BCUT2D eigenvalue weighted by atomic mass is 16.1. The van der Waals surface area contributed by atoms with Crippen LogP contribution in [-0.2, 0) is 18.1 Å². The highest BCUT2D eigenvalue weighted by molar-refractivity contribution is 5.74. The van der Waals surface area contributed by atoms with E-state index in [1.807, 2.05) is 57.9 Å². The average molecular weight is 364 g/mol. The number of para-hydroxylation sites is 2. The molecule has 27 heavy (non-hydrogen) atoms. The summed E-state index contributed by atoms with van der Waals surface area (Å²) in [5, 5.41) is 19.8. The number of carbonyl (C=O) groups excluding carboxylic acids is 1. The number of hydrogen-bond acceptors (Lipinski definition) is 6. The molecule has 138 valence electrons. The van der Waals surface area contributed by atoms with Gasteiger partial charge in [0.25, 0.3) is 0 Å². The van der Waals surface area contributed by atoms with Gasteiger partial charge in [-0.15, -0.1) is 10.2 Å². The minimum atomic E-state index is -0.0487. The first-order chi connectivity index (χ1) is 13.2. The molecule has 0 atom stereocenters. The van der Waals surface area contributed by atoms with E-state index in [0.29, 0.717) is 26.4 Å². The molecule has 4 rings (SSSR count). The van der Waals surface area contributed by atoms with Crippen LogP contribution in [0.4, 0.5) is 0 Å².